The lowest BCUT2D eigenvalue weighted by Gasteiger charge is -2.37. The number of nitrogens with one attached hydrogen (secondary N) is 1. The van der Waals surface area contributed by atoms with Crippen molar-refractivity contribution in [3.8, 4) is 0 Å². The molecule has 49 heavy (non-hydrogen) atoms. The van der Waals surface area contributed by atoms with E-state index in [1.165, 1.54) is 4.90 Å². The summed E-state index contributed by atoms with van der Waals surface area (Å²) in [5.41, 5.74) is 0.0107. The molecule has 0 spiro atoms. The number of benzene rings is 1. The lowest BCUT2D eigenvalue weighted by molar-refractivity contribution is -0.154. The van der Waals surface area contributed by atoms with Gasteiger partial charge in [0.2, 0.25) is 23.5 Å². The van der Waals surface area contributed by atoms with Crippen molar-refractivity contribution < 1.29 is 38.3 Å². The van der Waals surface area contributed by atoms with E-state index in [1.54, 1.807) is 49.3 Å². The molecule has 1 aliphatic rings. The molecule has 0 aliphatic carbocycles. The number of hydrogen-bond donors (Lipinski definition) is 1. The molecule has 2 unspecified atom stereocenters. The van der Waals surface area contributed by atoms with Crippen LogP contribution >= 0.6 is 0 Å². The fourth-order valence-electron chi connectivity index (χ4n) is 6.16. The minimum atomic E-state index is -0.942. The Morgan fingerprint density at radius 1 is 0.959 bits per heavy atom. The van der Waals surface area contributed by atoms with Gasteiger partial charge in [-0.05, 0) is 43.1 Å². The van der Waals surface area contributed by atoms with E-state index >= 15 is 0 Å². The second kappa shape index (κ2) is 18.8. The molecule has 3 amide bonds. The summed E-state index contributed by atoms with van der Waals surface area (Å²) in [6.07, 6.45) is 0.923. The Morgan fingerprint density at radius 3 is 2.14 bits per heavy atom. The summed E-state index contributed by atoms with van der Waals surface area (Å²) in [6, 6.07) is 6.80. The first-order chi connectivity index (χ1) is 22.9. The van der Waals surface area contributed by atoms with E-state index in [2.05, 4.69) is 5.32 Å². The van der Waals surface area contributed by atoms with Gasteiger partial charge in [-0.2, -0.15) is 0 Å². The lowest BCUT2D eigenvalue weighted by atomic mass is 9.77. The second-order valence-corrected chi connectivity index (χ2v) is 15.0. The number of carbonyl (C=O) groups excluding carboxylic acids is 7. The van der Waals surface area contributed by atoms with Gasteiger partial charge in [0.1, 0.15) is 6.04 Å². The topological polar surface area (TPSA) is 147 Å². The number of esters is 1. The number of likely N-dealkylation sites (tertiary alicyclic amines) is 1. The van der Waals surface area contributed by atoms with Crippen LogP contribution in [0.15, 0.2) is 30.3 Å². The van der Waals surface area contributed by atoms with Gasteiger partial charge in [0.15, 0.2) is 11.6 Å². The van der Waals surface area contributed by atoms with Crippen molar-refractivity contribution in [3.05, 3.63) is 35.9 Å². The molecule has 1 aromatic carbocycles. The minimum Gasteiger partial charge on any atom is -0.465 e. The van der Waals surface area contributed by atoms with Crippen LogP contribution in [0.2, 0.25) is 0 Å². The number of Topliss-reactive ketones (excluding diaryl/α,β-unsaturated/α-hetero) is 3. The number of hydrogen-bond acceptors (Lipinski definition) is 8. The molecule has 0 radical (unpaired) electrons. The summed E-state index contributed by atoms with van der Waals surface area (Å²) >= 11 is 0. The Balaban J connectivity index is 2.12. The maximum Gasteiger partial charge on any atom is 0.306 e. The van der Waals surface area contributed by atoms with Crippen LogP contribution in [0.1, 0.15) is 111 Å². The Hall–Kier alpha value is -3.89. The van der Waals surface area contributed by atoms with Crippen LogP contribution in [0.5, 0.6) is 0 Å². The van der Waals surface area contributed by atoms with Crippen LogP contribution in [0, 0.1) is 23.2 Å². The summed E-state index contributed by atoms with van der Waals surface area (Å²) in [7, 11) is 3.16. The zero-order valence-corrected chi connectivity index (χ0v) is 30.9. The van der Waals surface area contributed by atoms with E-state index in [9.17, 15) is 33.6 Å². The average Bonchev–Trinajstić information content (AvgIpc) is 3.43. The van der Waals surface area contributed by atoms with Crippen molar-refractivity contribution in [3.63, 3.8) is 0 Å². The van der Waals surface area contributed by atoms with Crippen molar-refractivity contribution in [1.82, 2.24) is 15.1 Å². The molecule has 272 valence electrons. The van der Waals surface area contributed by atoms with Gasteiger partial charge in [-0.15, -0.1) is 0 Å². The zero-order valence-electron chi connectivity index (χ0n) is 30.9. The predicted octanol–water partition coefficient (Wildman–Crippen LogP) is 4.86. The van der Waals surface area contributed by atoms with E-state index in [0.717, 1.165) is 0 Å². The van der Waals surface area contributed by atoms with Gasteiger partial charge in [0, 0.05) is 45.3 Å². The first-order valence-corrected chi connectivity index (χ1v) is 17.5. The molecule has 5 atom stereocenters. The highest BCUT2D eigenvalue weighted by Gasteiger charge is 2.45. The molecule has 0 saturated carbocycles. The largest absolute Gasteiger partial charge is 0.465 e. The number of likely N-dealkylation sites (N-methyl/N-ethyl adjacent to an activating group) is 1. The van der Waals surface area contributed by atoms with Gasteiger partial charge in [-0.1, -0.05) is 78.3 Å². The van der Waals surface area contributed by atoms with Crippen molar-refractivity contribution in [2.45, 2.75) is 118 Å². The van der Waals surface area contributed by atoms with Gasteiger partial charge in [-0.3, -0.25) is 33.6 Å². The maximum absolute atomic E-state index is 14.0. The molecule has 1 heterocycles. The van der Waals surface area contributed by atoms with Crippen molar-refractivity contribution in [1.29, 1.82) is 0 Å². The number of ether oxygens (including phenoxy) is 1. The van der Waals surface area contributed by atoms with Crippen LogP contribution in [0.25, 0.3) is 0 Å². The Kier molecular flexibility index (Phi) is 15.8. The number of amides is 3. The molecular formula is C38H57N3O8. The van der Waals surface area contributed by atoms with Crippen molar-refractivity contribution in [2.24, 2.45) is 23.2 Å². The van der Waals surface area contributed by atoms with E-state index in [0.29, 0.717) is 31.2 Å². The normalized spacial score (nSPS) is 18.0. The van der Waals surface area contributed by atoms with Gasteiger partial charge in [0.05, 0.1) is 25.0 Å². The molecular weight excluding hydrogens is 626 g/mol. The van der Waals surface area contributed by atoms with Gasteiger partial charge in [0.25, 0.3) is 0 Å². The quantitative estimate of drug-likeness (QED) is 0.171. The third kappa shape index (κ3) is 12.2. The van der Waals surface area contributed by atoms with Gasteiger partial charge < -0.3 is 19.9 Å². The van der Waals surface area contributed by atoms with E-state index < -0.39 is 52.8 Å². The smallest absolute Gasteiger partial charge is 0.306 e. The number of ketones is 3. The first kappa shape index (κ1) is 41.3. The molecule has 0 bridgehead atoms. The Labute approximate surface area is 291 Å². The van der Waals surface area contributed by atoms with Crippen LogP contribution in [0.3, 0.4) is 0 Å². The number of rotatable bonds is 18. The molecule has 1 aromatic rings. The van der Waals surface area contributed by atoms with E-state index in [4.69, 9.17) is 4.74 Å². The molecule has 1 fully saturated rings. The highest BCUT2D eigenvalue weighted by atomic mass is 16.5. The third-order valence-electron chi connectivity index (χ3n) is 9.02. The second-order valence-electron chi connectivity index (χ2n) is 15.0. The monoisotopic (exact) mass is 683 g/mol. The predicted molar refractivity (Wildman–Crippen MR) is 186 cm³/mol. The van der Waals surface area contributed by atoms with E-state index in [1.807, 2.05) is 48.5 Å². The third-order valence-corrected chi connectivity index (χ3v) is 9.02. The van der Waals surface area contributed by atoms with Crippen LogP contribution in [-0.4, -0.2) is 83.6 Å². The summed E-state index contributed by atoms with van der Waals surface area (Å²) in [4.78, 5) is 95.5. The standard InChI is InChI=1S/C38H57N3O8/c1-10-14-27(35(46)30(42)19-20-32(44)39-34(37(48)40(8)9)26-15-12-11-13-16-26)21-31(43)29-18-17-25(4)41(29)36(47)28(38(5,6)7)22-33(45)49-23-24(2)3/h11-13,15-16,24-25,27-29,34H,10,14,17-23H2,1-9H3,(H,39,44)/t25-,27?,28+,29-,34?/m0/s1. The summed E-state index contributed by atoms with van der Waals surface area (Å²) in [6.45, 7) is 13.5. The zero-order chi connectivity index (χ0) is 37.1. The molecule has 1 saturated heterocycles. The molecule has 1 N–H and O–H groups in total. The molecule has 11 nitrogen and oxygen atoms in total. The van der Waals surface area contributed by atoms with Gasteiger partial charge >= 0.3 is 5.97 Å². The fourth-order valence-corrected chi connectivity index (χ4v) is 6.16. The Morgan fingerprint density at radius 2 is 1.59 bits per heavy atom. The average molecular weight is 684 g/mol. The van der Waals surface area contributed by atoms with Crippen molar-refractivity contribution in [2.75, 3.05) is 20.7 Å². The fraction of sp³-hybridized carbons (Fsp3) is 0.658. The lowest BCUT2D eigenvalue weighted by Crippen LogP contribution is -2.50. The highest BCUT2D eigenvalue weighted by Crippen LogP contribution is 2.36. The Bertz CT molecular complexity index is 1330. The van der Waals surface area contributed by atoms with Crippen LogP contribution in [0.4, 0.5) is 0 Å². The van der Waals surface area contributed by atoms with Crippen molar-refractivity contribution >= 4 is 41.0 Å². The SMILES string of the molecule is CCCC(CC(=O)[C@@H]1CC[C@H](C)N1C(=O)[C@@H](CC(=O)OCC(C)C)C(C)(C)C)C(=O)C(=O)CCC(=O)NC(C(=O)N(C)C)c1ccccc1. The van der Waals surface area contributed by atoms with Crippen LogP contribution in [-0.2, 0) is 38.3 Å². The maximum atomic E-state index is 14.0. The highest BCUT2D eigenvalue weighted by molar-refractivity contribution is 6.38. The number of nitrogens with zero attached hydrogens (tertiary/aromatic N) is 2. The summed E-state index contributed by atoms with van der Waals surface area (Å²) < 4.78 is 5.38. The van der Waals surface area contributed by atoms with Gasteiger partial charge in [-0.25, -0.2) is 0 Å². The molecule has 1 aliphatic heterocycles. The molecule has 0 aromatic heterocycles. The summed E-state index contributed by atoms with van der Waals surface area (Å²) in [5.74, 6) is -4.83. The number of carbonyl (C=O) groups is 7. The van der Waals surface area contributed by atoms with Crippen LogP contribution < -0.4 is 5.32 Å². The first-order valence-electron chi connectivity index (χ1n) is 17.5. The summed E-state index contributed by atoms with van der Waals surface area (Å²) in [5, 5.41) is 2.68. The van der Waals surface area contributed by atoms with E-state index in [-0.39, 0.29) is 61.8 Å². The molecule has 2 rings (SSSR count). The minimum absolute atomic E-state index is 0.104. The molecule has 11 heteroatoms.